The molecule has 1 heterocycles. The maximum atomic E-state index is 12.0. The van der Waals surface area contributed by atoms with E-state index in [0.717, 1.165) is 0 Å². The van der Waals surface area contributed by atoms with Crippen molar-refractivity contribution in [1.29, 1.82) is 5.26 Å². The summed E-state index contributed by atoms with van der Waals surface area (Å²) in [7, 11) is 0. The average molecular weight is 292 g/mol. The highest BCUT2D eigenvalue weighted by Gasteiger charge is 2.15. The molecular formula is C15H8N4O3. The third-order valence-corrected chi connectivity index (χ3v) is 3.20. The third kappa shape index (κ3) is 2.19. The van der Waals surface area contributed by atoms with Gasteiger partial charge in [0.25, 0.3) is 11.2 Å². The Kier molecular flexibility index (Phi) is 3.12. The van der Waals surface area contributed by atoms with Crippen LogP contribution in [-0.4, -0.2) is 14.9 Å². The SMILES string of the molecule is N#Cc1cc(-c2nc3ccccc3c(=O)[nH]2)ccc1[N+](=O)[O-]. The zero-order chi connectivity index (χ0) is 15.7. The number of hydrogen-bond acceptors (Lipinski definition) is 5. The summed E-state index contributed by atoms with van der Waals surface area (Å²) in [6.45, 7) is 0. The Labute approximate surface area is 123 Å². The molecule has 0 fully saturated rings. The highest BCUT2D eigenvalue weighted by atomic mass is 16.6. The van der Waals surface area contributed by atoms with Crippen molar-refractivity contribution in [3.63, 3.8) is 0 Å². The molecule has 7 nitrogen and oxygen atoms in total. The van der Waals surface area contributed by atoms with Gasteiger partial charge in [0.1, 0.15) is 17.5 Å². The predicted molar refractivity (Wildman–Crippen MR) is 79.2 cm³/mol. The summed E-state index contributed by atoms with van der Waals surface area (Å²) >= 11 is 0. The zero-order valence-corrected chi connectivity index (χ0v) is 11.1. The topological polar surface area (TPSA) is 113 Å². The summed E-state index contributed by atoms with van der Waals surface area (Å²) in [5.41, 5.74) is 0.272. The molecule has 0 radical (unpaired) electrons. The molecule has 0 saturated heterocycles. The van der Waals surface area contributed by atoms with Crippen LogP contribution in [0.1, 0.15) is 5.56 Å². The molecule has 0 atom stereocenters. The fraction of sp³-hybridized carbons (Fsp3) is 0. The van der Waals surface area contributed by atoms with Crippen molar-refractivity contribution >= 4 is 16.6 Å². The van der Waals surface area contributed by atoms with Crippen molar-refractivity contribution in [3.05, 3.63) is 68.5 Å². The molecule has 0 aliphatic carbocycles. The summed E-state index contributed by atoms with van der Waals surface area (Å²) in [6, 6.07) is 12.6. The minimum Gasteiger partial charge on any atom is -0.306 e. The van der Waals surface area contributed by atoms with Crippen LogP contribution in [0, 0.1) is 21.4 Å². The lowest BCUT2D eigenvalue weighted by atomic mass is 10.1. The maximum Gasteiger partial charge on any atom is 0.287 e. The van der Waals surface area contributed by atoms with Gasteiger partial charge in [-0.2, -0.15) is 5.26 Å². The molecule has 0 unspecified atom stereocenters. The van der Waals surface area contributed by atoms with Crippen LogP contribution in [0.3, 0.4) is 0 Å². The summed E-state index contributed by atoms with van der Waals surface area (Å²) < 4.78 is 0. The smallest absolute Gasteiger partial charge is 0.287 e. The summed E-state index contributed by atoms with van der Waals surface area (Å²) in [5.74, 6) is 0.259. The van der Waals surface area contributed by atoms with Crippen LogP contribution in [0.25, 0.3) is 22.3 Å². The van der Waals surface area contributed by atoms with E-state index < -0.39 is 4.92 Å². The fourth-order valence-corrected chi connectivity index (χ4v) is 2.16. The van der Waals surface area contributed by atoms with Gasteiger partial charge in [-0.25, -0.2) is 4.98 Å². The highest BCUT2D eigenvalue weighted by molar-refractivity contribution is 5.79. The van der Waals surface area contributed by atoms with Crippen molar-refractivity contribution in [3.8, 4) is 17.5 Å². The van der Waals surface area contributed by atoms with Gasteiger partial charge in [0.2, 0.25) is 0 Å². The molecule has 0 bridgehead atoms. The van der Waals surface area contributed by atoms with Crippen LogP contribution in [0.2, 0.25) is 0 Å². The van der Waals surface area contributed by atoms with Crippen molar-refractivity contribution in [2.24, 2.45) is 0 Å². The number of fused-ring (bicyclic) bond motifs is 1. The molecule has 3 rings (SSSR count). The van der Waals surface area contributed by atoms with Crippen molar-refractivity contribution < 1.29 is 4.92 Å². The number of aromatic amines is 1. The van der Waals surface area contributed by atoms with Gasteiger partial charge in [0, 0.05) is 11.6 Å². The monoisotopic (exact) mass is 292 g/mol. The van der Waals surface area contributed by atoms with E-state index in [1.54, 1.807) is 30.3 Å². The molecule has 3 aromatic rings. The van der Waals surface area contributed by atoms with Gasteiger partial charge >= 0.3 is 0 Å². The Hall–Kier alpha value is -3.53. The van der Waals surface area contributed by atoms with Crippen LogP contribution in [0.5, 0.6) is 0 Å². The lowest BCUT2D eigenvalue weighted by molar-refractivity contribution is -0.385. The number of para-hydroxylation sites is 1. The first-order valence-corrected chi connectivity index (χ1v) is 6.28. The number of benzene rings is 2. The van der Waals surface area contributed by atoms with E-state index in [1.165, 1.54) is 18.2 Å². The Morgan fingerprint density at radius 1 is 1.23 bits per heavy atom. The van der Waals surface area contributed by atoms with Crippen LogP contribution in [0.15, 0.2) is 47.3 Å². The van der Waals surface area contributed by atoms with Gasteiger partial charge in [-0.3, -0.25) is 14.9 Å². The summed E-state index contributed by atoms with van der Waals surface area (Å²) in [6.07, 6.45) is 0. The number of H-pyrrole nitrogens is 1. The maximum absolute atomic E-state index is 12.0. The predicted octanol–water partition coefficient (Wildman–Crippen LogP) is 2.37. The van der Waals surface area contributed by atoms with Gasteiger partial charge in [-0.05, 0) is 24.3 Å². The van der Waals surface area contributed by atoms with Gasteiger partial charge in [0.15, 0.2) is 0 Å². The van der Waals surface area contributed by atoms with Gasteiger partial charge in [-0.1, -0.05) is 12.1 Å². The molecular weight excluding hydrogens is 284 g/mol. The molecule has 0 aliphatic rings. The first-order valence-electron chi connectivity index (χ1n) is 6.28. The molecule has 0 aliphatic heterocycles. The van der Waals surface area contributed by atoms with Crippen LogP contribution in [-0.2, 0) is 0 Å². The molecule has 7 heteroatoms. The number of hydrogen-bond donors (Lipinski definition) is 1. The number of nitro groups is 1. The molecule has 22 heavy (non-hydrogen) atoms. The third-order valence-electron chi connectivity index (χ3n) is 3.20. The first kappa shape index (κ1) is 13.5. The largest absolute Gasteiger partial charge is 0.306 e. The number of rotatable bonds is 2. The lowest BCUT2D eigenvalue weighted by Gasteiger charge is -2.04. The Balaban J connectivity index is 2.22. The van der Waals surface area contributed by atoms with Crippen LogP contribution >= 0.6 is 0 Å². The van der Waals surface area contributed by atoms with Crippen LogP contribution in [0.4, 0.5) is 5.69 Å². The normalized spacial score (nSPS) is 10.3. The van der Waals surface area contributed by atoms with Crippen molar-refractivity contribution in [1.82, 2.24) is 9.97 Å². The molecule has 0 saturated carbocycles. The molecule has 0 spiro atoms. The van der Waals surface area contributed by atoms with Crippen molar-refractivity contribution in [2.75, 3.05) is 0 Å². The molecule has 106 valence electrons. The number of nitrogens with one attached hydrogen (secondary N) is 1. The highest BCUT2D eigenvalue weighted by Crippen LogP contribution is 2.24. The molecule has 0 amide bonds. The minimum atomic E-state index is -0.626. The Morgan fingerprint density at radius 3 is 2.73 bits per heavy atom. The van der Waals surface area contributed by atoms with Crippen molar-refractivity contribution in [2.45, 2.75) is 0 Å². The number of aromatic nitrogens is 2. The van der Waals surface area contributed by atoms with E-state index in [9.17, 15) is 14.9 Å². The van der Waals surface area contributed by atoms with E-state index in [4.69, 9.17) is 5.26 Å². The van der Waals surface area contributed by atoms with E-state index in [0.29, 0.717) is 16.5 Å². The average Bonchev–Trinajstić information content (AvgIpc) is 2.54. The standard InChI is InChI=1S/C15H8N4O3/c16-8-10-7-9(5-6-13(10)19(21)22)14-17-12-4-2-1-3-11(12)15(20)18-14/h1-7H,(H,17,18,20). The second kappa shape index (κ2) is 5.10. The number of nitriles is 1. The van der Waals surface area contributed by atoms with E-state index in [2.05, 4.69) is 9.97 Å². The second-order valence-electron chi connectivity index (χ2n) is 4.53. The van der Waals surface area contributed by atoms with Gasteiger partial charge < -0.3 is 4.98 Å². The summed E-state index contributed by atoms with van der Waals surface area (Å²) in [4.78, 5) is 29.2. The molecule has 1 aromatic heterocycles. The quantitative estimate of drug-likeness (QED) is 0.575. The van der Waals surface area contributed by atoms with Gasteiger partial charge in [-0.15, -0.1) is 0 Å². The number of nitrogens with zero attached hydrogens (tertiary/aromatic N) is 3. The van der Waals surface area contributed by atoms with E-state index >= 15 is 0 Å². The van der Waals surface area contributed by atoms with Crippen LogP contribution < -0.4 is 5.56 Å². The minimum absolute atomic E-state index is 0.0849. The Morgan fingerprint density at radius 2 is 2.00 bits per heavy atom. The Bertz CT molecular complexity index is 1000. The van der Waals surface area contributed by atoms with E-state index in [1.807, 2.05) is 0 Å². The summed E-state index contributed by atoms with van der Waals surface area (Å²) in [5, 5.41) is 20.3. The fourth-order valence-electron chi connectivity index (χ4n) is 2.16. The molecule has 2 aromatic carbocycles. The van der Waals surface area contributed by atoms with E-state index in [-0.39, 0.29) is 22.6 Å². The van der Waals surface area contributed by atoms with Gasteiger partial charge in [0.05, 0.1) is 15.8 Å². The molecule has 1 N–H and O–H groups in total. The zero-order valence-electron chi connectivity index (χ0n) is 11.1. The second-order valence-corrected chi connectivity index (χ2v) is 4.53. The first-order chi connectivity index (χ1) is 10.6. The number of nitro benzene ring substituents is 1. The lowest BCUT2D eigenvalue weighted by Crippen LogP contribution is -2.09.